The van der Waals surface area contributed by atoms with E-state index in [0.29, 0.717) is 31.9 Å². The number of carbonyl (C=O) groups excluding carboxylic acids is 1. The lowest BCUT2D eigenvalue weighted by atomic mass is 10.1. The van der Waals surface area contributed by atoms with Crippen molar-refractivity contribution in [3.8, 4) is 6.07 Å². The number of hydrogen-bond acceptors (Lipinski definition) is 6. The van der Waals surface area contributed by atoms with E-state index in [2.05, 4.69) is 21.3 Å². The maximum absolute atomic E-state index is 12.2. The summed E-state index contributed by atoms with van der Waals surface area (Å²) in [4.78, 5) is 20.6. The maximum atomic E-state index is 12.2. The van der Waals surface area contributed by atoms with Gasteiger partial charge in [-0.3, -0.25) is 0 Å². The van der Waals surface area contributed by atoms with Crippen LogP contribution in [-0.2, 0) is 11.2 Å². The first-order chi connectivity index (χ1) is 11.9. The van der Waals surface area contributed by atoms with Crippen LogP contribution in [0, 0.1) is 11.3 Å². The molecule has 0 bridgehead atoms. The number of rotatable bonds is 1. The molecule has 1 aromatic rings. The highest BCUT2D eigenvalue weighted by atomic mass is 16.6. The lowest BCUT2D eigenvalue weighted by Gasteiger charge is -2.38. The number of aromatic nitrogens is 1. The summed E-state index contributed by atoms with van der Waals surface area (Å²) in [5.74, 6) is 0. The van der Waals surface area contributed by atoms with Crippen molar-refractivity contribution in [3.63, 3.8) is 0 Å². The normalized spacial score (nSPS) is 17.4. The maximum Gasteiger partial charge on any atom is 0.410 e. The second kappa shape index (κ2) is 6.79. The number of nitriles is 1. The number of nitrogens with zero attached hydrogens (tertiary/aromatic N) is 4. The molecule has 1 N–H and O–H groups in total. The third kappa shape index (κ3) is 3.95. The third-order valence-electron chi connectivity index (χ3n) is 4.35. The minimum atomic E-state index is -0.482. The second-order valence-electron chi connectivity index (χ2n) is 7.44. The predicted molar refractivity (Wildman–Crippen MR) is 95.8 cm³/mol. The Labute approximate surface area is 148 Å². The van der Waals surface area contributed by atoms with Gasteiger partial charge in [-0.15, -0.1) is 0 Å². The first-order valence-electron chi connectivity index (χ1n) is 8.78. The molecular weight excluding hydrogens is 318 g/mol. The topological polar surface area (TPSA) is 81.5 Å². The van der Waals surface area contributed by atoms with Crippen molar-refractivity contribution in [2.24, 2.45) is 0 Å². The predicted octanol–water partition coefficient (Wildman–Crippen LogP) is 2.37. The van der Waals surface area contributed by atoms with Gasteiger partial charge in [0.2, 0.25) is 0 Å². The number of carbonyl (C=O) groups is 1. The molecule has 0 aromatic carbocycles. The molecule has 1 fully saturated rings. The van der Waals surface area contributed by atoms with E-state index < -0.39 is 5.60 Å². The highest BCUT2D eigenvalue weighted by Crippen LogP contribution is 2.33. The molecule has 0 aliphatic carbocycles. The van der Waals surface area contributed by atoms with Gasteiger partial charge in [-0.2, -0.15) is 5.26 Å². The van der Waals surface area contributed by atoms with Gasteiger partial charge in [-0.05, 0) is 33.6 Å². The van der Waals surface area contributed by atoms with Gasteiger partial charge in [-0.25, -0.2) is 9.78 Å². The Kier molecular flexibility index (Phi) is 4.71. The minimum Gasteiger partial charge on any atom is -0.444 e. The quantitative estimate of drug-likeness (QED) is 0.843. The zero-order chi connectivity index (χ0) is 18.0. The molecule has 0 radical (unpaired) electrons. The monoisotopic (exact) mass is 343 g/mol. The minimum absolute atomic E-state index is 0.264. The molecule has 3 rings (SSSR count). The van der Waals surface area contributed by atoms with Gasteiger partial charge < -0.3 is 19.9 Å². The van der Waals surface area contributed by atoms with Gasteiger partial charge in [-0.1, -0.05) is 0 Å². The number of amides is 1. The lowest BCUT2D eigenvalue weighted by Crippen LogP contribution is -2.50. The largest absolute Gasteiger partial charge is 0.444 e. The molecule has 134 valence electrons. The Morgan fingerprint density at radius 1 is 1.32 bits per heavy atom. The fourth-order valence-corrected chi connectivity index (χ4v) is 3.19. The summed E-state index contributed by atoms with van der Waals surface area (Å²) >= 11 is 0. The first-order valence-corrected chi connectivity index (χ1v) is 8.78. The molecule has 0 atom stereocenters. The first kappa shape index (κ1) is 17.3. The summed E-state index contributed by atoms with van der Waals surface area (Å²) in [6, 6.07) is 4.01. The lowest BCUT2D eigenvalue weighted by molar-refractivity contribution is 0.0240. The van der Waals surface area contributed by atoms with Crippen LogP contribution in [0.4, 0.5) is 16.2 Å². The van der Waals surface area contributed by atoms with Crippen LogP contribution in [0.25, 0.3) is 0 Å². The molecule has 7 heteroatoms. The number of pyridine rings is 1. The molecule has 0 spiro atoms. The van der Waals surface area contributed by atoms with Crippen molar-refractivity contribution < 1.29 is 9.53 Å². The fourth-order valence-electron chi connectivity index (χ4n) is 3.19. The summed E-state index contributed by atoms with van der Waals surface area (Å²) in [6.07, 6.45) is 1.66. The Morgan fingerprint density at radius 3 is 2.68 bits per heavy atom. The van der Waals surface area contributed by atoms with Crippen LogP contribution in [0.15, 0.2) is 6.07 Å². The zero-order valence-corrected chi connectivity index (χ0v) is 15.1. The van der Waals surface area contributed by atoms with Gasteiger partial charge in [0.1, 0.15) is 17.4 Å². The second-order valence-corrected chi connectivity index (χ2v) is 7.44. The third-order valence-corrected chi connectivity index (χ3v) is 4.35. The van der Waals surface area contributed by atoms with E-state index in [-0.39, 0.29) is 6.09 Å². The van der Waals surface area contributed by atoms with Crippen LogP contribution < -0.4 is 10.2 Å². The Bertz CT molecular complexity index is 697. The standard InChI is InChI=1S/C18H25N5O2/c1-18(2,3)25-17(24)23-9-7-22(8-10-23)15-11-13(12-19)21-14-5-4-6-20-16(14)15/h11,20H,4-10H2,1-3H3. The number of piperazine rings is 1. The Morgan fingerprint density at radius 2 is 2.04 bits per heavy atom. The molecule has 2 aliphatic rings. The van der Waals surface area contributed by atoms with Crippen molar-refractivity contribution in [1.82, 2.24) is 9.88 Å². The van der Waals surface area contributed by atoms with Gasteiger partial charge in [0.25, 0.3) is 0 Å². The van der Waals surface area contributed by atoms with Crippen LogP contribution in [0.2, 0.25) is 0 Å². The molecule has 7 nitrogen and oxygen atoms in total. The summed E-state index contributed by atoms with van der Waals surface area (Å²) in [6.45, 7) is 9.18. The van der Waals surface area contributed by atoms with Crippen LogP contribution in [-0.4, -0.2) is 54.3 Å². The van der Waals surface area contributed by atoms with Crippen molar-refractivity contribution in [2.75, 3.05) is 42.9 Å². The van der Waals surface area contributed by atoms with Crippen molar-refractivity contribution >= 4 is 17.5 Å². The molecule has 1 aromatic heterocycles. The Hall–Kier alpha value is -2.49. The van der Waals surface area contributed by atoms with Crippen LogP contribution in [0.1, 0.15) is 38.6 Å². The van der Waals surface area contributed by atoms with E-state index in [1.54, 1.807) is 4.90 Å². The molecule has 1 saturated heterocycles. The van der Waals surface area contributed by atoms with E-state index in [9.17, 15) is 10.1 Å². The molecule has 2 aliphatic heterocycles. The van der Waals surface area contributed by atoms with Crippen LogP contribution in [0.5, 0.6) is 0 Å². The van der Waals surface area contributed by atoms with E-state index >= 15 is 0 Å². The van der Waals surface area contributed by atoms with Gasteiger partial charge >= 0.3 is 6.09 Å². The van der Waals surface area contributed by atoms with E-state index in [4.69, 9.17) is 4.74 Å². The molecular formula is C18H25N5O2. The summed E-state index contributed by atoms with van der Waals surface area (Å²) in [5, 5.41) is 12.7. The van der Waals surface area contributed by atoms with Crippen molar-refractivity contribution in [3.05, 3.63) is 17.5 Å². The number of anilines is 2. The average molecular weight is 343 g/mol. The molecule has 0 unspecified atom stereocenters. The number of nitrogens with one attached hydrogen (secondary N) is 1. The summed E-state index contributed by atoms with van der Waals surface area (Å²) in [5.41, 5.74) is 2.99. The average Bonchev–Trinajstić information content (AvgIpc) is 2.59. The number of ether oxygens (including phenoxy) is 1. The van der Waals surface area contributed by atoms with Crippen LogP contribution in [0.3, 0.4) is 0 Å². The molecule has 25 heavy (non-hydrogen) atoms. The van der Waals surface area contributed by atoms with Gasteiger partial charge in [0, 0.05) is 38.8 Å². The van der Waals surface area contributed by atoms with Crippen LogP contribution >= 0.6 is 0 Å². The van der Waals surface area contributed by atoms with E-state index in [1.165, 1.54) is 0 Å². The zero-order valence-electron chi connectivity index (χ0n) is 15.1. The number of aryl methyl sites for hydroxylation is 1. The molecule has 3 heterocycles. The highest BCUT2D eigenvalue weighted by Gasteiger charge is 2.28. The van der Waals surface area contributed by atoms with E-state index in [1.807, 2.05) is 26.8 Å². The molecule has 1 amide bonds. The summed E-state index contributed by atoms with van der Waals surface area (Å²) < 4.78 is 5.45. The smallest absolute Gasteiger partial charge is 0.410 e. The SMILES string of the molecule is CC(C)(C)OC(=O)N1CCN(c2cc(C#N)nc3c2NCCC3)CC1. The summed E-state index contributed by atoms with van der Waals surface area (Å²) in [7, 11) is 0. The van der Waals surface area contributed by atoms with Crippen molar-refractivity contribution in [2.45, 2.75) is 39.2 Å². The van der Waals surface area contributed by atoms with Gasteiger partial charge in [0.05, 0.1) is 17.1 Å². The van der Waals surface area contributed by atoms with Gasteiger partial charge in [0.15, 0.2) is 0 Å². The fraction of sp³-hybridized carbons (Fsp3) is 0.611. The van der Waals surface area contributed by atoms with Crippen molar-refractivity contribution in [1.29, 1.82) is 5.26 Å². The Balaban J connectivity index is 1.73. The number of fused-ring (bicyclic) bond motifs is 1. The van der Waals surface area contributed by atoms with E-state index in [0.717, 1.165) is 36.5 Å². The number of hydrogen-bond donors (Lipinski definition) is 1. The highest BCUT2D eigenvalue weighted by molar-refractivity contribution is 5.75. The molecule has 0 saturated carbocycles.